The average Bonchev–Trinajstić information content (AvgIpc) is 2.92. The Bertz CT molecular complexity index is 497. The van der Waals surface area contributed by atoms with E-state index in [0.717, 1.165) is 30.8 Å². The highest BCUT2D eigenvalue weighted by Crippen LogP contribution is 2.25. The van der Waals surface area contributed by atoms with Crippen LogP contribution in [0.4, 0.5) is 11.4 Å². The number of hydrogen-bond donors (Lipinski definition) is 2. The van der Waals surface area contributed by atoms with Crippen LogP contribution in [0.1, 0.15) is 18.9 Å². The molecule has 0 saturated heterocycles. The van der Waals surface area contributed by atoms with Crippen molar-refractivity contribution in [2.45, 2.75) is 19.8 Å². The molecule has 0 unspecified atom stereocenters. The second-order valence-electron chi connectivity index (χ2n) is 4.41. The lowest BCUT2D eigenvalue weighted by Crippen LogP contribution is -2.05. The highest BCUT2D eigenvalue weighted by atomic mass is 32.1. The van der Waals surface area contributed by atoms with Crippen LogP contribution in [0.15, 0.2) is 35.0 Å². The van der Waals surface area contributed by atoms with Crippen molar-refractivity contribution in [1.29, 1.82) is 0 Å². The molecule has 1 aromatic heterocycles. The van der Waals surface area contributed by atoms with Gasteiger partial charge >= 0.3 is 0 Å². The predicted molar refractivity (Wildman–Crippen MR) is 83.2 cm³/mol. The van der Waals surface area contributed by atoms with E-state index in [1.165, 1.54) is 5.56 Å². The molecule has 0 amide bonds. The van der Waals surface area contributed by atoms with E-state index >= 15 is 0 Å². The van der Waals surface area contributed by atoms with Gasteiger partial charge in [0, 0.05) is 18.3 Å². The minimum atomic E-state index is 0.692. The van der Waals surface area contributed by atoms with Crippen LogP contribution in [0.2, 0.25) is 0 Å². The molecule has 0 radical (unpaired) electrons. The minimum Gasteiger partial charge on any atom is -0.491 e. The van der Waals surface area contributed by atoms with Crippen molar-refractivity contribution in [3.63, 3.8) is 0 Å². The largest absolute Gasteiger partial charge is 0.491 e. The first-order chi connectivity index (χ1) is 9.29. The summed E-state index contributed by atoms with van der Waals surface area (Å²) >= 11 is 1.74. The van der Waals surface area contributed by atoms with Crippen LogP contribution in [0.3, 0.4) is 0 Å². The van der Waals surface area contributed by atoms with Crippen LogP contribution in [-0.2, 0) is 6.42 Å². The van der Waals surface area contributed by atoms with Crippen molar-refractivity contribution >= 4 is 22.7 Å². The van der Waals surface area contributed by atoms with E-state index in [9.17, 15) is 0 Å². The molecule has 2 aromatic rings. The standard InChI is InChI=1S/C15H20N2OS/c1-2-8-18-15-10-13(3-4-14(15)16)17-7-5-12-6-9-19-11-12/h3-4,6,9-11,17H,2,5,7-8,16H2,1H3. The molecule has 0 saturated carbocycles. The summed E-state index contributed by atoms with van der Waals surface area (Å²) < 4.78 is 5.62. The molecule has 1 aromatic carbocycles. The van der Waals surface area contributed by atoms with Crippen LogP contribution >= 0.6 is 11.3 Å². The van der Waals surface area contributed by atoms with Crippen molar-refractivity contribution in [1.82, 2.24) is 0 Å². The Morgan fingerprint density at radius 3 is 2.95 bits per heavy atom. The Labute approximate surface area is 118 Å². The molecule has 0 atom stereocenters. The van der Waals surface area contributed by atoms with E-state index in [1.807, 2.05) is 18.2 Å². The molecule has 4 heteroatoms. The van der Waals surface area contributed by atoms with E-state index in [1.54, 1.807) is 11.3 Å². The molecule has 0 fully saturated rings. The number of nitrogens with two attached hydrogens (primary N) is 1. The monoisotopic (exact) mass is 276 g/mol. The molecule has 0 aliphatic rings. The van der Waals surface area contributed by atoms with Crippen LogP contribution in [0.25, 0.3) is 0 Å². The first-order valence-electron chi connectivity index (χ1n) is 6.57. The van der Waals surface area contributed by atoms with Gasteiger partial charge in [-0.3, -0.25) is 0 Å². The minimum absolute atomic E-state index is 0.692. The number of rotatable bonds is 7. The van der Waals surface area contributed by atoms with E-state index < -0.39 is 0 Å². The van der Waals surface area contributed by atoms with Crippen molar-refractivity contribution in [3.8, 4) is 5.75 Å². The Morgan fingerprint density at radius 1 is 1.32 bits per heavy atom. The van der Waals surface area contributed by atoms with Crippen LogP contribution in [0.5, 0.6) is 5.75 Å². The second kappa shape index (κ2) is 7.04. The van der Waals surface area contributed by atoms with Gasteiger partial charge in [0.2, 0.25) is 0 Å². The molecule has 102 valence electrons. The molecule has 0 spiro atoms. The number of benzene rings is 1. The van der Waals surface area contributed by atoms with Gasteiger partial charge in [-0.15, -0.1) is 0 Å². The lowest BCUT2D eigenvalue weighted by Gasteiger charge is -2.11. The van der Waals surface area contributed by atoms with Crippen molar-refractivity contribution in [3.05, 3.63) is 40.6 Å². The van der Waals surface area contributed by atoms with Crippen molar-refractivity contribution < 1.29 is 4.74 Å². The maximum atomic E-state index is 5.88. The summed E-state index contributed by atoms with van der Waals surface area (Å²) in [5.74, 6) is 0.766. The third-order valence-corrected chi connectivity index (χ3v) is 3.53. The summed E-state index contributed by atoms with van der Waals surface area (Å²) in [6, 6.07) is 8.00. The zero-order chi connectivity index (χ0) is 13.5. The Kier molecular flexibility index (Phi) is 5.10. The van der Waals surface area contributed by atoms with Crippen LogP contribution in [-0.4, -0.2) is 13.2 Å². The molecule has 0 bridgehead atoms. The number of ether oxygens (including phenoxy) is 1. The van der Waals surface area contributed by atoms with E-state index in [4.69, 9.17) is 10.5 Å². The Morgan fingerprint density at radius 2 is 2.21 bits per heavy atom. The van der Waals surface area contributed by atoms with Gasteiger partial charge in [-0.1, -0.05) is 6.92 Å². The second-order valence-corrected chi connectivity index (χ2v) is 5.19. The van der Waals surface area contributed by atoms with E-state index in [0.29, 0.717) is 12.3 Å². The van der Waals surface area contributed by atoms with Gasteiger partial charge in [-0.05, 0) is 47.4 Å². The van der Waals surface area contributed by atoms with Gasteiger partial charge < -0.3 is 15.8 Å². The normalized spacial score (nSPS) is 10.4. The van der Waals surface area contributed by atoms with Crippen molar-refractivity contribution in [2.75, 3.05) is 24.2 Å². The fourth-order valence-electron chi connectivity index (χ4n) is 1.77. The van der Waals surface area contributed by atoms with Gasteiger partial charge in [0.05, 0.1) is 12.3 Å². The van der Waals surface area contributed by atoms with Gasteiger partial charge in [-0.25, -0.2) is 0 Å². The molecule has 3 N–H and O–H groups in total. The van der Waals surface area contributed by atoms with Gasteiger partial charge in [0.25, 0.3) is 0 Å². The molecule has 2 rings (SSSR count). The Hall–Kier alpha value is -1.68. The van der Waals surface area contributed by atoms with E-state index in [2.05, 4.69) is 29.1 Å². The fourth-order valence-corrected chi connectivity index (χ4v) is 2.47. The zero-order valence-electron chi connectivity index (χ0n) is 11.2. The summed E-state index contributed by atoms with van der Waals surface area (Å²) in [5, 5.41) is 7.68. The average molecular weight is 276 g/mol. The Balaban J connectivity index is 1.89. The quantitative estimate of drug-likeness (QED) is 0.757. The molecular formula is C15H20N2OS. The maximum absolute atomic E-state index is 5.88. The lowest BCUT2D eigenvalue weighted by atomic mass is 10.2. The van der Waals surface area contributed by atoms with Crippen molar-refractivity contribution in [2.24, 2.45) is 0 Å². The highest BCUT2D eigenvalue weighted by Gasteiger charge is 2.02. The number of hydrogen-bond acceptors (Lipinski definition) is 4. The highest BCUT2D eigenvalue weighted by molar-refractivity contribution is 7.07. The predicted octanol–water partition coefficient (Wildman–Crippen LogP) is 3.77. The first-order valence-corrected chi connectivity index (χ1v) is 7.51. The van der Waals surface area contributed by atoms with Gasteiger partial charge in [0.1, 0.15) is 5.75 Å². The summed E-state index contributed by atoms with van der Waals surface area (Å²) in [5.41, 5.74) is 9.00. The number of anilines is 2. The fraction of sp³-hybridized carbons (Fsp3) is 0.333. The van der Waals surface area contributed by atoms with Gasteiger partial charge in [-0.2, -0.15) is 11.3 Å². The summed E-state index contributed by atoms with van der Waals surface area (Å²) in [6.45, 7) is 3.69. The number of nitrogens with one attached hydrogen (secondary N) is 1. The first kappa shape index (κ1) is 13.7. The summed E-state index contributed by atoms with van der Waals surface area (Å²) in [4.78, 5) is 0. The summed E-state index contributed by atoms with van der Waals surface area (Å²) in [6.07, 6.45) is 2.01. The molecular weight excluding hydrogens is 256 g/mol. The van der Waals surface area contributed by atoms with Gasteiger partial charge in [0.15, 0.2) is 0 Å². The van der Waals surface area contributed by atoms with Crippen LogP contribution < -0.4 is 15.8 Å². The lowest BCUT2D eigenvalue weighted by molar-refractivity contribution is 0.319. The maximum Gasteiger partial charge on any atom is 0.144 e. The van der Waals surface area contributed by atoms with Crippen LogP contribution in [0, 0.1) is 0 Å². The third-order valence-electron chi connectivity index (χ3n) is 2.80. The molecule has 0 aliphatic carbocycles. The molecule has 19 heavy (non-hydrogen) atoms. The third kappa shape index (κ3) is 4.17. The molecule has 1 heterocycles. The summed E-state index contributed by atoms with van der Waals surface area (Å²) in [7, 11) is 0. The topological polar surface area (TPSA) is 47.3 Å². The molecule has 3 nitrogen and oxygen atoms in total. The van der Waals surface area contributed by atoms with E-state index in [-0.39, 0.29) is 0 Å². The number of nitrogen functional groups attached to an aromatic ring is 1. The smallest absolute Gasteiger partial charge is 0.144 e. The SMILES string of the molecule is CCCOc1cc(NCCc2ccsc2)ccc1N. The molecule has 0 aliphatic heterocycles. The number of thiophene rings is 1. The zero-order valence-corrected chi connectivity index (χ0v) is 12.0.